The highest BCUT2D eigenvalue weighted by Crippen LogP contribution is 2.01. The summed E-state index contributed by atoms with van der Waals surface area (Å²) >= 11 is 0. The van der Waals surface area contributed by atoms with Gasteiger partial charge in [-0.15, -0.1) is 0 Å². The van der Waals surface area contributed by atoms with Gasteiger partial charge in [0.15, 0.2) is 0 Å². The molecule has 0 fully saturated rings. The van der Waals surface area contributed by atoms with Crippen molar-refractivity contribution in [3.63, 3.8) is 0 Å². The van der Waals surface area contributed by atoms with Gasteiger partial charge in [0.2, 0.25) is 5.91 Å². The smallest absolute Gasteiger partial charge is 0.326 e. The Hall–Kier alpha value is -3.21. The molecule has 11 heteroatoms. The Balaban J connectivity index is 0. The van der Waals surface area contributed by atoms with Gasteiger partial charge in [-0.05, 0) is 63.1 Å². The monoisotopic (exact) mass is 442 g/mol. The summed E-state index contributed by atoms with van der Waals surface area (Å²) in [6.07, 6.45) is 11.1. The molecule has 0 spiro atoms. The van der Waals surface area contributed by atoms with Crippen LogP contribution in [0.15, 0.2) is 24.6 Å². The molecule has 0 aliphatic rings. The van der Waals surface area contributed by atoms with E-state index in [1.807, 2.05) is 0 Å². The maximum Gasteiger partial charge on any atom is 0.326 e. The second-order valence-electron chi connectivity index (χ2n) is 6.43. The van der Waals surface area contributed by atoms with Crippen LogP contribution >= 0.6 is 0 Å². The second kappa shape index (κ2) is 21.5. The lowest BCUT2D eigenvalue weighted by Crippen LogP contribution is -2.39. The molecule has 2 atom stereocenters. The van der Waals surface area contributed by atoms with Gasteiger partial charge in [-0.25, -0.2) is 4.79 Å². The molecule has 2 unspecified atom stereocenters. The fourth-order valence-electron chi connectivity index (χ4n) is 2.17. The van der Waals surface area contributed by atoms with Crippen LogP contribution in [0, 0.1) is 0 Å². The Morgan fingerprint density at radius 3 is 1.71 bits per heavy atom. The van der Waals surface area contributed by atoms with Crippen LogP contribution < -0.4 is 21.7 Å². The van der Waals surface area contributed by atoms with E-state index in [9.17, 15) is 24.0 Å². The lowest BCUT2D eigenvalue weighted by molar-refractivity contribution is -0.141. The third-order valence-corrected chi connectivity index (χ3v) is 3.73. The minimum Gasteiger partial charge on any atom is -0.480 e. The highest BCUT2D eigenvalue weighted by molar-refractivity contribution is 5.81. The first-order chi connectivity index (χ1) is 14.8. The molecule has 1 amide bonds. The van der Waals surface area contributed by atoms with E-state index >= 15 is 0 Å². The first-order valence-corrected chi connectivity index (χ1v) is 9.91. The molecule has 176 valence electrons. The summed E-state index contributed by atoms with van der Waals surface area (Å²) in [5.41, 5.74) is 5.30. The van der Waals surface area contributed by atoms with Crippen molar-refractivity contribution in [2.24, 2.45) is 5.73 Å². The molecule has 31 heavy (non-hydrogen) atoms. The average Bonchev–Trinajstić information content (AvgIpc) is 2.71. The van der Waals surface area contributed by atoms with Gasteiger partial charge in [-0.3, -0.25) is 19.2 Å². The second-order valence-corrected chi connectivity index (χ2v) is 6.43. The van der Waals surface area contributed by atoms with E-state index in [-0.39, 0.29) is 5.91 Å². The van der Waals surface area contributed by atoms with E-state index in [0.29, 0.717) is 38.4 Å². The quantitative estimate of drug-likeness (QED) is 0.101. The minimum atomic E-state index is -1.02. The van der Waals surface area contributed by atoms with Crippen molar-refractivity contribution in [3.05, 3.63) is 24.6 Å². The average molecular weight is 443 g/mol. The molecule has 11 nitrogen and oxygen atoms in total. The Kier molecular flexibility index (Phi) is 20.8. The Labute approximate surface area is 182 Å². The van der Waals surface area contributed by atoms with Crippen LogP contribution in [0.2, 0.25) is 0 Å². The zero-order chi connectivity index (χ0) is 23.9. The summed E-state index contributed by atoms with van der Waals surface area (Å²) in [5.74, 6) is -2.32. The highest BCUT2D eigenvalue weighted by atomic mass is 16.4. The molecular weight excluding hydrogens is 408 g/mol. The van der Waals surface area contributed by atoms with Crippen LogP contribution in [-0.4, -0.2) is 65.8 Å². The summed E-state index contributed by atoms with van der Waals surface area (Å²) in [5, 5.41) is 25.4. The Morgan fingerprint density at radius 2 is 1.32 bits per heavy atom. The number of carbonyl (C=O) groups is 5. The molecule has 7 N–H and O–H groups in total. The first-order valence-electron chi connectivity index (χ1n) is 9.91. The topological polar surface area (TPSA) is 188 Å². The lowest BCUT2D eigenvalue weighted by atomic mass is 10.1. The number of carboxylic acids is 2. The number of hydrogen-bond acceptors (Lipinski definition) is 8. The number of carbonyl (C=O) groups excluding carboxylic acids is 3. The highest BCUT2D eigenvalue weighted by Gasteiger charge is 2.17. The molecule has 0 rings (SSSR count). The summed E-state index contributed by atoms with van der Waals surface area (Å²) in [6.45, 7) is 2.68. The molecule has 0 aromatic carbocycles. The minimum absolute atomic E-state index is 0.343. The van der Waals surface area contributed by atoms with Gasteiger partial charge in [0.25, 0.3) is 0 Å². The van der Waals surface area contributed by atoms with Gasteiger partial charge in [-0.1, -0.05) is 0 Å². The molecule has 0 bridgehead atoms. The summed E-state index contributed by atoms with van der Waals surface area (Å²) in [4.78, 5) is 51.6. The number of nitrogens with two attached hydrogens (primary N) is 1. The zero-order valence-electron chi connectivity index (χ0n) is 17.8. The van der Waals surface area contributed by atoms with Crippen LogP contribution in [0.3, 0.4) is 0 Å². The number of amides is 1. The van der Waals surface area contributed by atoms with Crippen molar-refractivity contribution >= 4 is 30.4 Å². The van der Waals surface area contributed by atoms with Crippen molar-refractivity contribution in [3.8, 4) is 0 Å². The van der Waals surface area contributed by atoms with E-state index in [2.05, 4.69) is 16.0 Å². The number of rotatable bonds is 17. The van der Waals surface area contributed by atoms with Gasteiger partial charge in [0.1, 0.15) is 24.7 Å². The molecule has 0 heterocycles. The number of hydrogen-bond donors (Lipinski definition) is 6. The van der Waals surface area contributed by atoms with E-state index in [1.54, 1.807) is 6.20 Å². The van der Waals surface area contributed by atoms with Gasteiger partial charge in [0.05, 0.1) is 0 Å². The summed E-state index contributed by atoms with van der Waals surface area (Å²) in [6, 6.07) is -1.58. The fourth-order valence-corrected chi connectivity index (χ4v) is 2.17. The summed E-state index contributed by atoms with van der Waals surface area (Å²) in [7, 11) is 0. The SMILES string of the molecule is CC(=O)NC(CCCCNC=CC=O)C(=O)O.NC(CCCCNC=CC=O)C(=O)O. The van der Waals surface area contributed by atoms with E-state index in [1.165, 1.54) is 25.3 Å². The number of aldehydes is 2. The van der Waals surface area contributed by atoms with Crippen molar-refractivity contribution in [2.45, 2.75) is 57.5 Å². The van der Waals surface area contributed by atoms with Crippen LogP contribution in [-0.2, 0) is 24.0 Å². The van der Waals surface area contributed by atoms with E-state index in [0.717, 1.165) is 25.8 Å². The Morgan fingerprint density at radius 1 is 0.839 bits per heavy atom. The first kappa shape index (κ1) is 30.0. The maximum atomic E-state index is 10.8. The largest absolute Gasteiger partial charge is 0.480 e. The Bertz CT molecular complexity index is 594. The van der Waals surface area contributed by atoms with Crippen LogP contribution in [0.25, 0.3) is 0 Å². The third-order valence-electron chi connectivity index (χ3n) is 3.73. The normalized spacial score (nSPS) is 12.3. The number of allylic oxidation sites excluding steroid dienone is 2. The zero-order valence-corrected chi connectivity index (χ0v) is 17.8. The van der Waals surface area contributed by atoms with Gasteiger partial charge >= 0.3 is 11.9 Å². The van der Waals surface area contributed by atoms with Gasteiger partial charge < -0.3 is 31.9 Å². The molecule has 0 radical (unpaired) electrons. The number of carboxylic acid groups (broad SMARTS) is 2. The molecular formula is C20H34N4O7. The molecule has 0 aromatic heterocycles. The van der Waals surface area contributed by atoms with Crippen molar-refractivity contribution in [1.29, 1.82) is 0 Å². The molecule has 0 aliphatic heterocycles. The molecule has 0 saturated carbocycles. The van der Waals surface area contributed by atoms with Crippen LogP contribution in [0.4, 0.5) is 0 Å². The van der Waals surface area contributed by atoms with Crippen molar-refractivity contribution < 1.29 is 34.2 Å². The van der Waals surface area contributed by atoms with Crippen molar-refractivity contribution in [2.75, 3.05) is 13.1 Å². The number of unbranched alkanes of at least 4 members (excludes halogenated alkanes) is 2. The summed E-state index contributed by atoms with van der Waals surface area (Å²) < 4.78 is 0. The van der Waals surface area contributed by atoms with Crippen molar-refractivity contribution in [1.82, 2.24) is 16.0 Å². The number of nitrogens with one attached hydrogen (secondary N) is 3. The molecule has 0 aromatic rings. The third kappa shape index (κ3) is 22.9. The fraction of sp³-hybridized carbons (Fsp3) is 0.550. The standard InChI is InChI=1S/C11H18N2O4.C9H16N2O3/c1-9(15)13-10(11(16)17)5-2-3-6-12-7-4-8-14;10-8(9(13)14)4-1-2-5-11-6-3-7-12/h4,7-8,10,12H,2-3,5-6H2,1H3,(H,13,15)(H,16,17);3,6-8,11H,1-2,4-5,10H2,(H,13,14). The van der Waals surface area contributed by atoms with E-state index < -0.39 is 24.0 Å². The number of aliphatic carboxylic acids is 2. The molecule has 0 aliphatic carbocycles. The van der Waals surface area contributed by atoms with Gasteiger partial charge in [-0.2, -0.15) is 0 Å². The van der Waals surface area contributed by atoms with Gasteiger partial charge in [0, 0.05) is 20.0 Å². The van der Waals surface area contributed by atoms with Crippen LogP contribution in [0.5, 0.6) is 0 Å². The predicted octanol–water partition coefficient (Wildman–Crippen LogP) is -0.0810. The molecule has 0 saturated heterocycles. The van der Waals surface area contributed by atoms with E-state index in [4.69, 9.17) is 15.9 Å². The maximum absolute atomic E-state index is 10.8. The van der Waals surface area contributed by atoms with Crippen LogP contribution in [0.1, 0.15) is 45.4 Å². The predicted molar refractivity (Wildman–Crippen MR) is 115 cm³/mol. The lowest BCUT2D eigenvalue weighted by Gasteiger charge is -2.12.